The summed E-state index contributed by atoms with van der Waals surface area (Å²) in [6.45, 7) is -1.62. The number of aliphatic hydroxyl groups excluding tert-OH is 1. The number of halogens is 3. The maximum atomic E-state index is 11.9. The van der Waals surface area contributed by atoms with Gasteiger partial charge in [0.25, 0.3) is 0 Å². The smallest absolute Gasteiger partial charge is 0.411 e. The summed E-state index contributed by atoms with van der Waals surface area (Å²) in [6, 6.07) is 0. The molecule has 0 aliphatic carbocycles. The van der Waals surface area contributed by atoms with Crippen LogP contribution in [0.2, 0.25) is 0 Å². The fourth-order valence-electron chi connectivity index (χ4n) is 1.36. The predicted octanol–water partition coefficient (Wildman–Crippen LogP) is 1.50. The third kappa shape index (κ3) is 5.17. The molecule has 0 aliphatic heterocycles. The van der Waals surface area contributed by atoms with Gasteiger partial charge in [0.15, 0.2) is 0 Å². The molecule has 1 rings (SSSR count). The first-order valence-corrected chi connectivity index (χ1v) is 5.65. The second-order valence-electron chi connectivity index (χ2n) is 3.78. The molecule has 1 aromatic rings. The second-order valence-corrected chi connectivity index (χ2v) is 3.78. The van der Waals surface area contributed by atoms with Gasteiger partial charge in [0.2, 0.25) is 11.8 Å². The van der Waals surface area contributed by atoms with Crippen LogP contribution in [0.1, 0.15) is 18.2 Å². The molecule has 1 aromatic heterocycles. The lowest BCUT2D eigenvalue weighted by molar-refractivity contribution is -0.175. The topological polar surface area (TPSA) is 73.7 Å². The van der Waals surface area contributed by atoms with Crippen LogP contribution in [0.25, 0.3) is 0 Å². The molecule has 0 spiro atoms. The second kappa shape index (κ2) is 7.25. The van der Waals surface area contributed by atoms with Gasteiger partial charge in [0.1, 0.15) is 18.4 Å². The van der Waals surface area contributed by atoms with E-state index < -0.39 is 18.9 Å². The van der Waals surface area contributed by atoms with Crippen molar-refractivity contribution >= 4 is 0 Å². The number of aliphatic hydroxyl groups is 1. The summed E-state index contributed by atoms with van der Waals surface area (Å²) < 4.78 is 49.8. The average Bonchev–Trinajstić information content (AvgIpc) is 2.41. The van der Waals surface area contributed by atoms with Crippen LogP contribution < -0.4 is 9.47 Å². The Bertz CT molecular complexity index is 429. The van der Waals surface area contributed by atoms with E-state index >= 15 is 0 Å². The van der Waals surface area contributed by atoms with Crippen LogP contribution in [0.15, 0.2) is 6.20 Å². The zero-order valence-corrected chi connectivity index (χ0v) is 11.0. The summed E-state index contributed by atoms with van der Waals surface area (Å²) in [5, 5.41) is 9.84. The van der Waals surface area contributed by atoms with Gasteiger partial charge < -0.3 is 19.3 Å². The van der Waals surface area contributed by atoms with Gasteiger partial charge >= 0.3 is 6.18 Å². The van der Waals surface area contributed by atoms with Crippen LogP contribution >= 0.6 is 0 Å². The molecular formula is C11H15F3N2O4. The Balaban J connectivity index is 2.56. The molecule has 20 heavy (non-hydrogen) atoms. The highest BCUT2D eigenvalue weighted by atomic mass is 19.4. The molecule has 1 N–H and O–H groups in total. The number of nitrogens with zero attached hydrogens (tertiary/aromatic N) is 2. The van der Waals surface area contributed by atoms with Crippen molar-refractivity contribution in [3.8, 4) is 11.8 Å². The first-order chi connectivity index (χ1) is 9.37. The molecule has 1 heterocycles. The summed E-state index contributed by atoms with van der Waals surface area (Å²) in [5.41, 5.74) is 0.115. The Morgan fingerprint density at radius 3 is 2.55 bits per heavy atom. The number of hydrogen-bond donors (Lipinski definition) is 1. The molecule has 114 valence electrons. The monoisotopic (exact) mass is 296 g/mol. The molecular weight excluding hydrogens is 281 g/mol. The van der Waals surface area contributed by atoms with Crippen molar-refractivity contribution in [2.45, 2.75) is 18.7 Å². The van der Waals surface area contributed by atoms with Crippen LogP contribution in [0, 0.1) is 0 Å². The van der Waals surface area contributed by atoms with Crippen LogP contribution in [0.3, 0.4) is 0 Å². The van der Waals surface area contributed by atoms with Crippen molar-refractivity contribution in [1.29, 1.82) is 0 Å². The van der Waals surface area contributed by atoms with E-state index in [1.165, 1.54) is 20.4 Å². The third-order valence-corrected chi connectivity index (χ3v) is 2.26. The SMILES string of the molecule is COc1cnc(C(O)CCOCC(F)(F)F)c(OC)n1. The Morgan fingerprint density at radius 2 is 2.00 bits per heavy atom. The van der Waals surface area contributed by atoms with E-state index in [-0.39, 0.29) is 30.5 Å². The largest absolute Gasteiger partial charge is 0.480 e. The molecule has 9 heteroatoms. The van der Waals surface area contributed by atoms with Gasteiger partial charge in [-0.1, -0.05) is 0 Å². The van der Waals surface area contributed by atoms with Gasteiger partial charge in [-0.3, -0.25) is 0 Å². The van der Waals surface area contributed by atoms with E-state index in [0.29, 0.717) is 0 Å². The van der Waals surface area contributed by atoms with Gasteiger partial charge in [-0.2, -0.15) is 18.2 Å². The summed E-state index contributed by atoms with van der Waals surface area (Å²) in [7, 11) is 2.73. The van der Waals surface area contributed by atoms with E-state index in [1.807, 2.05) is 0 Å². The minimum atomic E-state index is -4.39. The molecule has 6 nitrogen and oxygen atoms in total. The van der Waals surface area contributed by atoms with Crippen molar-refractivity contribution in [1.82, 2.24) is 9.97 Å². The zero-order valence-electron chi connectivity index (χ0n) is 11.0. The Labute approximate surface area is 113 Å². The fraction of sp³-hybridized carbons (Fsp3) is 0.636. The molecule has 0 amide bonds. The molecule has 0 aromatic carbocycles. The van der Waals surface area contributed by atoms with Crippen LogP contribution in [0.4, 0.5) is 13.2 Å². The van der Waals surface area contributed by atoms with Crippen molar-refractivity contribution in [3.63, 3.8) is 0 Å². The first kappa shape index (κ1) is 16.4. The molecule has 0 bridgehead atoms. The van der Waals surface area contributed by atoms with Crippen LogP contribution in [-0.4, -0.2) is 48.7 Å². The number of ether oxygens (including phenoxy) is 3. The minimum Gasteiger partial charge on any atom is -0.480 e. The van der Waals surface area contributed by atoms with E-state index in [2.05, 4.69) is 14.7 Å². The number of aromatic nitrogens is 2. The Kier molecular flexibility index (Phi) is 5.96. The summed E-state index contributed by atoms with van der Waals surface area (Å²) >= 11 is 0. The maximum Gasteiger partial charge on any atom is 0.411 e. The lowest BCUT2D eigenvalue weighted by Crippen LogP contribution is -2.18. The normalized spacial score (nSPS) is 13.1. The maximum absolute atomic E-state index is 11.9. The van der Waals surface area contributed by atoms with E-state index in [0.717, 1.165) is 0 Å². The van der Waals surface area contributed by atoms with Crippen molar-refractivity contribution in [2.75, 3.05) is 27.4 Å². The highest BCUT2D eigenvalue weighted by Gasteiger charge is 2.27. The quantitative estimate of drug-likeness (QED) is 0.769. The van der Waals surface area contributed by atoms with E-state index in [4.69, 9.17) is 9.47 Å². The molecule has 0 aliphatic rings. The van der Waals surface area contributed by atoms with Gasteiger partial charge in [0, 0.05) is 13.0 Å². The minimum absolute atomic E-state index is 0.0488. The highest BCUT2D eigenvalue weighted by Crippen LogP contribution is 2.25. The molecule has 1 unspecified atom stereocenters. The lowest BCUT2D eigenvalue weighted by atomic mass is 10.2. The summed E-state index contributed by atoms with van der Waals surface area (Å²) in [6.07, 6.45) is -4.32. The summed E-state index contributed by atoms with van der Waals surface area (Å²) in [4.78, 5) is 7.82. The average molecular weight is 296 g/mol. The van der Waals surface area contributed by atoms with Gasteiger partial charge in [-0.25, -0.2) is 4.98 Å². The zero-order chi connectivity index (χ0) is 15.2. The standard InChI is InChI=1S/C11H15F3N2O4/c1-18-8-5-15-9(10(16-8)19-2)7(17)3-4-20-6-11(12,13)14/h5,7,17H,3-4,6H2,1-2H3. The number of methoxy groups -OCH3 is 2. The first-order valence-electron chi connectivity index (χ1n) is 5.65. The Morgan fingerprint density at radius 1 is 1.30 bits per heavy atom. The van der Waals surface area contributed by atoms with Crippen LogP contribution in [0.5, 0.6) is 11.8 Å². The van der Waals surface area contributed by atoms with Gasteiger partial charge in [-0.15, -0.1) is 0 Å². The third-order valence-electron chi connectivity index (χ3n) is 2.26. The molecule has 1 atom stereocenters. The van der Waals surface area contributed by atoms with Gasteiger partial charge in [-0.05, 0) is 0 Å². The van der Waals surface area contributed by atoms with Crippen molar-refractivity contribution < 1.29 is 32.5 Å². The molecule has 0 saturated heterocycles. The number of hydrogen-bond acceptors (Lipinski definition) is 6. The van der Waals surface area contributed by atoms with Crippen LogP contribution in [-0.2, 0) is 4.74 Å². The number of alkyl halides is 3. The molecule has 0 saturated carbocycles. The summed E-state index contributed by atoms with van der Waals surface area (Å²) in [5.74, 6) is 0.249. The lowest BCUT2D eigenvalue weighted by Gasteiger charge is -2.14. The van der Waals surface area contributed by atoms with E-state index in [1.54, 1.807) is 0 Å². The van der Waals surface area contributed by atoms with Crippen molar-refractivity contribution in [2.24, 2.45) is 0 Å². The highest BCUT2D eigenvalue weighted by molar-refractivity contribution is 5.24. The molecule has 0 radical (unpaired) electrons. The Hall–Kier alpha value is -1.61. The van der Waals surface area contributed by atoms with Crippen molar-refractivity contribution in [3.05, 3.63) is 11.9 Å². The molecule has 0 fully saturated rings. The number of rotatable bonds is 7. The van der Waals surface area contributed by atoms with E-state index in [9.17, 15) is 18.3 Å². The predicted molar refractivity (Wildman–Crippen MR) is 61.6 cm³/mol. The fourth-order valence-corrected chi connectivity index (χ4v) is 1.36. The van der Waals surface area contributed by atoms with Gasteiger partial charge in [0.05, 0.1) is 20.4 Å².